The van der Waals surface area contributed by atoms with Crippen molar-refractivity contribution in [1.82, 2.24) is 45.3 Å². The van der Waals surface area contributed by atoms with Crippen molar-refractivity contribution in [3.8, 4) is 45.1 Å². The summed E-state index contributed by atoms with van der Waals surface area (Å²) in [5.74, 6) is 1.56. The third-order valence-corrected chi connectivity index (χ3v) is 13.8. The van der Waals surface area contributed by atoms with Crippen molar-refractivity contribution < 1.29 is 47.7 Å². The number of H-pyrrole nitrogens is 2. The van der Waals surface area contributed by atoms with E-state index in [0.29, 0.717) is 42.8 Å². The molecule has 0 aliphatic carbocycles. The van der Waals surface area contributed by atoms with Gasteiger partial charge < -0.3 is 54.1 Å². The molecule has 2 aromatic heterocycles. The standard InChI is InChI=1S/C56H69N9O10/c1-31(2)45(61-52(68)74-55(5,6)7)50(66)64-23-11-12-42(64)48-57-25-40(59-48)35-17-13-33(14-18-35)34-15-19-36(20-16-34)41-26-58-49(60-41)43-24-38(28-65(43)51(67)46(32(3)4)62-53(69)75-56(8,9)10)73-54(70)63-27-37-21-22-44-47(39(37)29-63)72-30-71-44/h13-22,25-26,31-32,38,42-43,45-46H,11-12,23-24,27-30H2,1-10H3,(H,57,59)(H,58,60)(H,61,68)(H,62,69)/t38-,42+,43+,45+,46+/m1/s1. The average molecular weight is 1030 g/mol. The number of aromatic nitrogens is 4. The number of hydrogen-bond acceptors (Lipinski definition) is 12. The Kier molecular flexibility index (Phi) is 14.6. The molecule has 9 rings (SSSR count). The fourth-order valence-corrected chi connectivity index (χ4v) is 10.1. The summed E-state index contributed by atoms with van der Waals surface area (Å²) < 4.78 is 28.4. The minimum absolute atomic E-state index is 0.0853. The Labute approximate surface area is 437 Å². The van der Waals surface area contributed by atoms with Gasteiger partial charge in [0, 0.05) is 36.8 Å². The van der Waals surface area contributed by atoms with Crippen LogP contribution in [-0.2, 0) is 36.9 Å². The lowest BCUT2D eigenvalue weighted by Gasteiger charge is -2.31. The highest BCUT2D eigenvalue weighted by atomic mass is 16.7. The van der Waals surface area contributed by atoms with Gasteiger partial charge in [-0.2, -0.15) is 0 Å². The van der Waals surface area contributed by atoms with Crippen molar-refractivity contribution in [2.75, 3.05) is 19.9 Å². The molecule has 6 heterocycles. The third kappa shape index (κ3) is 11.7. The maximum atomic E-state index is 14.6. The summed E-state index contributed by atoms with van der Waals surface area (Å²) in [5.41, 5.74) is 5.66. The van der Waals surface area contributed by atoms with E-state index in [1.165, 1.54) is 0 Å². The smallest absolute Gasteiger partial charge is 0.410 e. The van der Waals surface area contributed by atoms with E-state index in [0.717, 1.165) is 57.6 Å². The number of carbonyl (C=O) groups is 5. The van der Waals surface area contributed by atoms with Gasteiger partial charge in [0.25, 0.3) is 0 Å². The van der Waals surface area contributed by atoms with Crippen LogP contribution in [-0.4, -0.2) is 114 Å². The van der Waals surface area contributed by atoms with Crippen molar-refractivity contribution in [3.63, 3.8) is 0 Å². The van der Waals surface area contributed by atoms with Crippen molar-refractivity contribution in [2.24, 2.45) is 11.8 Å². The highest BCUT2D eigenvalue weighted by Gasteiger charge is 2.44. The summed E-state index contributed by atoms with van der Waals surface area (Å²) in [5, 5.41) is 5.60. The van der Waals surface area contributed by atoms with Crippen LogP contribution in [0.2, 0.25) is 0 Å². The average Bonchev–Trinajstić information content (AvgIpc) is 4.21. The van der Waals surface area contributed by atoms with Gasteiger partial charge in [0.1, 0.15) is 41.0 Å². The Morgan fingerprint density at radius 2 is 1.32 bits per heavy atom. The molecule has 19 heteroatoms. The van der Waals surface area contributed by atoms with Gasteiger partial charge in [0.15, 0.2) is 11.5 Å². The Balaban J connectivity index is 0.873. The molecule has 3 aromatic carbocycles. The molecule has 19 nitrogen and oxygen atoms in total. The molecule has 0 unspecified atom stereocenters. The number of alkyl carbamates (subject to hydrolysis) is 2. The molecular weight excluding hydrogens is 959 g/mol. The number of aromatic amines is 2. The van der Waals surface area contributed by atoms with Crippen LogP contribution in [0.3, 0.4) is 0 Å². The normalized spacial score (nSPS) is 19.0. The topological polar surface area (TPSA) is 223 Å². The summed E-state index contributed by atoms with van der Waals surface area (Å²) in [7, 11) is 0. The molecule has 0 spiro atoms. The molecule has 5 amide bonds. The van der Waals surface area contributed by atoms with Gasteiger partial charge in [0.2, 0.25) is 18.6 Å². The SMILES string of the molecule is CC(C)[C@H](NC(=O)OC(C)(C)C)C(=O)N1CCC[C@H]1c1nc(-c2ccc(-c3ccc(-c4cnc([C@@H]5C[C@@H](OC(=O)N6Cc7ccc8c(c7C6)OCO8)CN5C(=O)[C@@H](NC(=O)OC(C)(C)C)C(C)C)[nH]4)cc3)cc2)c[nH]1. The van der Waals surface area contributed by atoms with E-state index >= 15 is 0 Å². The number of ether oxygens (including phenoxy) is 5. The zero-order chi connectivity index (χ0) is 53.5. The van der Waals surface area contributed by atoms with Gasteiger partial charge in [-0.05, 0) is 94.5 Å². The van der Waals surface area contributed by atoms with Crippen LogP contribution in [0, 0.1) is 11.8 Å². The van der Waals surface area contributed by atoms with Crippen LogP contribution < -0.4 is 20.1 Å². The van der Waals surface area contributed by atoms with Crippen LogP contribution in [0.25, 0.3) is 33.6 Å². The van der Waals surface area contributed by atoms with Gasteiger partial charge in [-0.25, -0.2) is 24.4 Å². The second-order valence-corrected chi connectivity index (χ2v) is 22.5. The Hall–Kier alpha value is -7.57. The fourth-order valence-electron chi connectivity index (χ4n) is 10.1. The van der Waals surface area contributed by atoms with E-state index in [1.54, 1.807) is 57.5 Å². The fraction of sp³-hybridized carbons (Fsp3) is 0.482. The second-order valence-electron chi connectivity index (χ2n) is 22.5. The van der Waals surface area contributed by atoms with E-state index in [9.17, 15) is 24.0 Å². The molecular formula is C56H69N9O10. The zero-order valence-electron chi connectivity index (χ0n) is 44.4. The van der Waals surface area contributed by atoms with Crippen molar-refractivity contribution in [2.45, 2.75) is 143 Å². The quantitative estimate of drug-likeness (QED) is 0.0859. The highest BCUT2D eigenvalue weighted by molar-refractivity contribution is 5.87. The van der Waals surface area contributed by atoms with E-state index < -0.39 is 53.7 Å². The number of likely N-dealkylation sites (tertiary alicyclic amines) is 2. The molecule has 2 saturated heterocycles. The summed E-state index contributed by atoms with van der Waals surface area (Å²) in [4.78, 5) is 89.5. The first-order chi connectivity index (χ1) is 35.6. The largest absolute Gasteiger partial charge is 0.454 e. The second kappa shape index (κ2) is 21.0. The number of imidazole rings is 2. The Bertz CT molecular complexity index is 2920. The first kappa shape index (κ1) is 52.3. The summed E-state index contributed by atoms with van der Waals surface area (Å²) in [6.07, 6.45) is 2.93. The molecule has 0 bridgehead atoms. The predicted molar refractivity (Wildman–Crippen MR) is 278 cm³/mol. The molecule has 4 aliphatic heterocycles. The lowest BCUT2D eigenvalue weighted by atomic mass is 10.0. The molecule has 0 radical (unpaired) electrons. The maximum absolute atomic E-state index is 14.6. The molecule has 0 saturated carbocycles. The summed E-state index contributed by atoms with van der Waals surface area (Å²) in [6, 6.07) is 17.5. The summed E-state index contributed by atoms with van der Waals surface area (Å²) in [6.45, 7) is 19.6. The van der Waals surface area contributed by atoms with Gasteiger partial charge in [-0.1, -0.05) is 82.3 Å². The number of amides is 5. The van der Waals surface area contributed by atoms with E-state index in [2.05, 4.69) is 20.6 Å². The number of rotatable bonds is 12. The molecule has 5 atom stereocenters. The van der Waals surface area contributed by atoms with Crippen molar-refractivity contribution in [1.29, 1.82) is 0 Å². The molecule has 2 fully saturated rings. The van der Waals surface area contributed by atoms with Crippen LogP contribution in [0.4, 0.5) is 14.4 Å². The lowest BCUT2D eigenvalue weighted by Crippen LogP contribution is -2.52. The predicted octanol–water partition coefficient (Wildman–Crippen LogP) is 9.42. The first-order valence-corrected chi connectivity index (χ1v) is 25.9. The lowest BCUT2D eigenvalue weighted by molar-refractivity contribution is -0.136. The molecule has 4 N–H and O–H groups in total. The van der Waals surface area contributed by atoms with Crippen molar-refractivity contribution >= 4 is 30.1 Å². The number of benzene rings is 3. The third-order valence-electron chi connectivity index (χ3n) is 13.8. The van der Waals surface area contributed by atoms with E-state index in [1.807, 2.05) is 99.5 Å². The van der Waals surface area contributed by atoms with Crippen LogP contribution in [0.5, 0.6) is 11.5 Å². The number of hydrogen-bond donors (Lipinski definition) is 4. The minimum Gasteiger partial charge on any atom is -0.454 e. The van der Waals surface area contributed by atoms with Crippen LogP contribution in [0.1, 0.15) is 123 Å². The van der Waals surface area contributed by atoms with Crippen LogP contribution in [0.15, 0.2) is 73.1 Å². The van der Waals surface area contributed by atoms with Gasteiger partial charge in [-0.3, -0.25) is 14.5 Å². The van der Waals surface area contributed by atoms with E-state index in [-0.39, 0.29) is 49.5 Å². The molecule has 5 aromatic rings. The molecule has 75 heavy (non-hydrogen) atoms. The molecule has 398 valence electrons. The monoisotopic (exact) mass is 1030 g/mol. The number of nitrogens with one attached hydrogen (secondary N) is 4. The maximum Gasteiger partial charge on any atom is 0.410 e. The Morgan fingerprint density at radius 3 is 1.93 bits per heavy atom. The minimum atomic E-state index is -0.928. The zero-order valence-corrected chi connectivity index (χ0v) is 44.4. The number of carbonyl (C=O) groups excluding carboxylic acids is 5. The Morgan fingerprint density at radius 1 is 0.720 bits per heavy atom. The molecule has 4 aliphatic rings. The highest BCUT2D eigenvalue weighted by Crippen LogP contribution is 2.42. The van der Waals surface area contributed by atoms with E-state index in [4.69, 9.17) is 33.7 Å². The number of fused-ring (bicyclic) bond motifs is 3. The number of nitrogens with zero attached hydrogens (tertiary/aromatic N) is 5. The van der Waals surface area contributed by atoms with Crippen LogP contribution >= 0.6 is 0 Å². The first-order valence-electron chi connectivity index (χ1n) is 25.9. The van der Waals surface area contributed by atoms with Gasteiger partial charge in [0.05, 0.1) is 42.8 Å². The van der Waals surface area contributed by atoms with Gasteiger partial charge >= 0.3 is 18.3 Å². The van der Waals surface area contributed by atoms with Crippen molar-refractivity contribution in [3.05, 3.63) is 95.8 Å². The summed E-state index contributed by atoms with van der Waals surface area (Å²) >= 11 is 0. The van der Waals surface area contributed by atoms with Gasteiger partial charge in [-0.15, -0.1) is 0 Å².